The van der Waals surface area contributed by atoms with E-state index in [9.17, 15) is 4.79 Å². The maximum absolute atomic E-state index is 12.4. The molecule has 0 aromatic carbocycles. The molecule has 1 rings (SSSR count). The van der Waals surface area contributed by atoms with E-state index in [-0.39, 0.29) is 11.3 Å². The van der Waals surface area contributed by atoms with Crippen LogP contribution in [0.15, 0.2) is 0 Å². The van der Waals surface area contributed by atoms with Crippen molar-refractivity contribution >= 4 is 5.78 Å². The SMILES string of the molecule is CC(C)C(=O)C1(C)CCN(C)CC(C)(C)CC1. The van der Waals surface area contributed by atoms with E-state index in [0.29, 0.717) is 11.2 Å². The predicted octanol–water partition coefficient (Wildman–Crippen LogP) is 3.36. The second-order valence-corrected chi connectivity index (χ2v) is 7.23. The van der Waals surface area contributed by atoms with Crippen LogP contribution in [-0.2, 0) is 4.79 Å². The number of carbonyl (C=O) groups is 1. The van der Waals surface area contributed by atoms with Gasteiger partial charge in [0.25, 0.3) is 0 Å². The van der Waals surface area contributed by atoms with Gasteiger partial charge in [-0.2, -0.15) is 0 Å². The lowest BCUT2D eigenvalue weighted by Crippen LogP contribution is -2.42. The molecule has 0 aromatic rings. The van der Waals surface area contributed by atoms with E-state index < -0.39 is 0 Å². The van der Waals surface area contributed by atoms with Crippen LogP contribution in [0.5, 0.6) is 0 Å². The molecule has 0 spiro atoms. The van der Waals surface area contributed by atoms with Crippen LogP contribution in [0.3, 0.4) is 0 Å². The number of nitrogens with zero attached hydrogens (tertiary/aromatic N) is 1. The van der Waals surface area contributed by atoms with Gasteiger partial charge in [0.2, 0.25) is 0 Å². The molecular formula is C15H29NO. The molecule has 0 aliphatic carbocycles. The predicted molar refractivity (Wildman–Crippen MR) is 73.1 cm³/mol. The molecule has 100 valence electrons. The van der Waals surface area contributed by atoms with Gasteiger partial charge in [0, 0.05) is 17.9 Å². The fourth-order valence-electron chi connectivity index (χ4n) is 3.01. The first-order valence-electron chi connectivity index (χ1n) is 6.89. The molecule has 1 heterocycles. The van der Waals surface area contributed by atoms with Gasteiger partial charge in [-0.1, -0.05) is 34.6 Å². The zero-order valence-electron chi connectivity index (χ0n) is 12.5. The van der Waals surface area contributed by atoms with E-state index in [0.717, 1.165) is 32.4 Å². The highest BCUT2D eigenvalue weighted by atomic mass is 16.1. The monoisotopic (exact) mass is 239 g/mol. The molecule has 1 aliphatic rings. The second kappa shape index (κ2) is 5.09. The van der Waals surface area contributed by atoms with Crippen LogP contribution < -0.4 is 0 Å². The molecule has 1 atom stereocenters. The highest BCUT2D eigenvalue weighted by Gasteiger charge is 2.37. The van der Waals surface area contributed by atoms with Crippen molar-refractivity contribution in [2.24, 2.45) is 16.7 Å². The zero-order chi connectivity index (χ0) is 13.3. The van der Waals surface area contributed by atoms with Gasteiger partial charge in [-0.3, -0.25) is 4.79 Å². The molecule has 0 radical (unpaired) electrons. The highest BCUT2D eigenvalue weighted by molar-refractivity contribution is 5.86. The number of hydrogen-bond acceptors (Lipinski definition) is 2. The van der Waals surface area contributed by atoms with E-state index >= 15 is 0 Å². The average molecular weight is 239 g/mol. The van der Waals surface area contributed by atoms with Gasteiger partial charge in [-0.05, 0) is 38.3 Å². The van der Waals surface area contributed by atoms with Crippen LogP contribution in [0.4, 0.5) is 0 Å². The van der Waals surface area contributed by atoms with E-state index in [4.69, 9.17) is 0 Å². The first-order chi connectivity index (χ1) is 7.66. The summed E-state index contributed by atoms with van der Waals surface area (Å²) in [6.45, 7) is 13.0. The van der Waals surface area contributed by atoms with Crippen molar-refractivity contribution < 1.29 is 4.79 Å². The summed E-state index contributed by atoms with van der Waals surface area (Å²) >= 11 is 0. The van der Waals surface area contributed by atoms with Crippen molar-refractivity contribution in [2.45, 2.75) is 53.9 Å². The minimum absolute atomic E-state index is 0.111. The third-order valence-electron chi connectivity index (χ3n) is 4.22. The molecule has 1 saturated heterocycles. The lowest BCUT2D eigenvalue weighted by molar-refractivity contribution is -0.133. The van der Waals surface area contributed by atoms with E-state index in [1.54, 1.807) is 0 Å². The summed E-state index contributed by atoms with van der Waals surface area (Å²) in [5.74, 6) is 0.608. The highest BCUT2D eigenvalue weighted by Crippen LogP contribution is 2.38. The lowest BCUT2D eigenvalue weighted by Gasteiger charge is -2.40. The topological polar surface area (TPSA) is 20.3 Å². The Balaban J connectivity index is 2.83. The largest absolute Gasteiger partial charge is 0.306 e. The molecule has 0 aromatic heterocycles. The molecule has 0 amide bonds. The van der Waals surface area contributed by atoms with Crippen molar-refractivity contribution in [2.75, 3.05) is 20.1 Å². The molecule has 1 fully saturated rings. The van der Waals surface area contributed by atoms with Gasteiger partial charge in [0.15, 0.2) is 0 Å². The fourth-order valence-corrected chi connectivity index (χ4v) is 3.01. The summed E-state index contributed by atoms with van der Waals surface area (Å²) in [4.78, 5) is 14.8. The van der Waals surface area contributed by atoms with Crippen molar-refractivity contribution in [3.05, 3.63) is 0 Å². The summed E-state index contributed by atoms with van der Waals surface area (Å²) in [5, 5.41) is 0. The van der Waals surface area contributed by atoms with Crippen LogP contribution in [0.1, 0.15) is 53.9 Å². The van der Waals surface area contributed by atoms with Crippen molar-refractivity contribution in [3.8, 4) is 0 Å². The third kappa shape index (κ3) is 3.80. The normalized spacial score (nSPS) is 31.0. The number of ketones is 1. The van der Waals surface area contributed by atoms with Crippen molar-refractivity contribution in [1.29, 1.82) is 0 Å². The quantitative estimate of drug-likeness (QED) is 0.736. The summed E-state index contributed by atoms with van der Waals surface area (Å²) in [6.07, 6.45) is 3.20. The molecule has 2 heteroatoms. The molecule has 1 aliphatic heterocycles. The number of Topliss-reactive ketones (excluding diaryl/α,β-unsaturated/α-hetero) is 1. The Hall–Kier alpha value is -0.370. The minimum atomic E-state index is -0.111. The van der Waals surface area contributed by atoms with Crippen LogP contribution in [0, 0.1) is 16.7 Å². The number of carbonyl (C=O) groups excluding carboxylic acids is 1. The van der Waals surface area contributed by atoms with Gasteiger partial charge < -0.3 is 4.90 Å². The average Bonchev–Trinajstić information content (AvgIpc) is 2.21. The van der Waals surface area contributed by atoms with Gasteiger partial charge in [-0.15, -0.1) is 0 Å². The minimum Gasteiger partial charge on any atom is -0.306 e. The fraction of sp³-hybridized carbons (Fsp3) is 0.933. The number of hydrogen-bond donors (Lipinski definition) is 0. The Morgan fingerprint density at radius 2 is 1.71 bits per heavy atom. The van der Waals surface area contributed by atoms with E-state index in [2.05, 4.69) is 32.7 Å². The molecule has 2 nitrogen and oxygen atoms in total. The smallest absolute Gasteiger partial charge is 0.141 e. The zero-order valence-corrected chi connectivity index (χ0v) is 12.5. The molecule has 0 saturated carbocycles. The van der Waals surface area contributed by atoms with Crippen molar-refractivity contribution in [3.63, 3.8) is 0 Å². The van der Waals surface area contributed by atoms with Crippen LogP contribution >= 0.6 is 0 Å². The molecule has 17 heavy (non-hydrogen) atoms. The van der Waals surface area contributed by atoms with Gasteiger partial charge >= 0.3 is 0 Å². The van der Waals surface area contributed by atoms with Gasteiger partial charge in [-0.25, -0.2) is 0 Å². The maximum Gasteiger partial charge on any atom is 0.141 e. The molecule has 0 bridgehead atoms. The Morgan fingerprint density at radius 3 is 2.24 bits per heavy atom. The first-order valence-corrected chi connectivity index (χ1v) is 6.89. The Morgan fingerprint density at radius 1 is 1.12 bits per heavy atom. The van der Waals surface area contributed by atoms with Gasteiger partial charge in [0.05, 0.1) is 0 Å². The van der Waals surface area contributed by atoms with Crippen LogP contribution in [0.2, 0.25) is 0 Å². The van der Waals surface area contributed by atoms with Crippen LogP contribution in [0.25, 0.3) is 0 Å². The van der Waals surface area contributed by atoms with E-state index in [1.807, 2.05) is 13.8 Å². The van der Waals surface area contributed by atoms with E-state index in [1.165, 1.54) is 0 Å². The number of likely N-dealkylation sites (tertiary alicyclic amines) is 1. The third-order valence-corrected chi connectivity index (χ3v) is 4.22. The summed E-state index contributed by atoms with van der Waals surface area (Å²) in [5.41, 5.74) is 0.216. The van der Waals surface area contributed by atoms with Crippen molar-refractivity contribution in [1.82, 2.24) is 4.90 Å². The van der Waals surface area contributed by atoms with Gasteiger partial charge in [0.1, 0.15) is 5.78 Å². The summed E-state index contributed by atoms with van der Waals surface area (Å²) in [7, 11) is 2.17. The Labute approximate surface area is 107 Å². The molecular weight excluding hydrogens is 210 g/mol. The second-order valence-electron chi connectivity index (χ2n) is 7.23. The Bertz CT molecular complexity index is 283. The van der Waals surface area contributed by atoms with Crippen LogP contribution in [-0.4, -0.2) is 30.8 Å². The Kier molecular flexibility index (Phi) is 4.40. The number of rotatable bonds is 2. The first kappa shape index (κ1) is 14.7. The maximum atomic E-state index is 12.4. The summed E-state index contributed by atoms with van der Waals surface area (Å²) < 4.78 is 0. The standard InChI is InChI=1S/C15H29NO/c1-12(2)13(17)15(5)8-7-14(3,4)11-16(6)10-9-15/h12H,7-11H2,1-6H3. The molecule has 1 unspecified atom stereocenters. The lowest BCUT2D eigenvalue weighted by atomic mass is 9.70. The summed E-state index contributed by atoms with van der Waals surface area (Å²) in [6, 6.07) is 0. The molecule has 0 N–H and O–H groups in total.